The number of carboxylic acid groups (broad SMARTS) is 1. The summed E-state index contributed by atoms with van der Waals surface area (Å²) in [5, 5.41) is 13.1. The second-order valence-corrected chi connectivity index (χ2v) is 3.31. The van der Waals surface area contributed by atoms with Crippen LogP contribution >= 0.6 is 0 Å². The zero-order chi connectivity index (χ0) is 11.7. The van der Waals surface area contributed by atoms with Gasteiger partial charge in [0.05, 0.1) is 11.4 Å². The summed E-state index contributed by atoms with van der Waals surface area (Å²) in [6.45, 7) is 3.33. The van der Waals surface area contributed by atoms with Gasteiger partial charge in [-0.2, -0.15) is 5.10 Å². The van der Waals surface area contributed by atoms with Gasteiger partial charge in [-0.3, -0.25) is 0 Å². The third kappa shape index (κ3) is 1.54. The smallest absolute Gasteiger partial charge is 0.339 e. The van der Waals surface area contributed by atoms with Crippen molar-refractivity contribution in [2.24, 2.45) is 0 Å². The van der Waals surface area contributed by atoms with Gasteiger partial charge in [0.25, 0.3) is 5.95 Å². The molecule has 2 aromatic rings. The van der Waals surface area contributed by atoms with Crippen molar-refractivity contribution in [3.63, 3.8) is 0 Å². The summed E-state index contributed by atoms with van der Waals surface area (Å²) >= 11 is 0. The molecule has 0 fully saturated rings. The average molecular weight is 218 g/mol. The fourth-order valence-electron chi connectivity index (χ4n) is 1.55. The quantitative estimate of drug-likeness (QED) is 0.812. The number of hydrogen-bond acceptors (Lipinski definition) is 4. The van der Waals surface area contributed by atoms with Gasteiger partial charge in [0.2, 0.25) is 0 Å². The Morgan fingerprint density at radius 1 is 1.31 bits per heavy atom. The van der Waals surface area contributed by atoms with Crippen molar-refractivity contribution in [2.45, 2.75) is 13.8 Å². The number of rotatable bonds is 2. The normalized spacial score (nSPS) is 10.4. The average Bonchev–Trinajstić information content (AvgIpc) is 2.55. The number of aromatic nitrogens is 4. The predicted molar refractivity (Wildman–Crippen MR) is 55.6 cm³/mol. The minimum atomic E-state index is -0.989. The zero-order valence-corrected chi connectivity index (χ0v) is 8.88. The van der Waals surface area contributed by atoms with Gasteiger partial charge in [-0.1, -0.05) is 0 Å². The van der Waals surface area contributed by atoms with E-state index in [2.05, 4.69) is 15.1 Å². The summed E-state index contributed by atoms with van der Waals surface area (Å²) in [6.07, 6.45) is 3.17. The molecular weight excluding hydrogens is 208 g/mol. The largest absolute Gasteiger partial charge is 0.478 e. The Bertz CT molecular complexity index is 533. The van der Waals surface area contributed by atoms with Crippen molar-refractivity contribution >= 4 is 5.97 Å². The van der Waals surface area contributed by atoms with Crippen LogP contribution < -0.4 is 0 Å². The molecule has 2 rings (SSSR count). The molecule has 2 heterocycles. The van der Waals surface area contributed by atoms with Gasteiger partial charge in [0.1, 0.15) is 5.56 Å². The van der Waals surface area contributed by atoms with Crippen LogP contribution in [0.15, 0.2) is 18.5 Å². The molecule has 0 amide bonds. The van der Waals surface area contributed by atoms with Crippen LogP contribution in [-0.4, -0.2) is 30.8 Å². The number of hydrogen-bond donors (Lipinski definition) is 1. The van der Waals surface area contributed by atoms with E-state index in [1.54, 1.807) is 32.3 Å². The molecule has 0 bridgehead atoms. The maximum atomic E-state index is 11.0. The fourth-order valence-corrected chi connectivity index (χ4v) is 1.55. The van der Waals surface area contributed by atoms with Gasteiger partial charge in [-0.15, -0.1) is 0 Å². The minimum Gasteiger partial charge on any atom is -0.478 e. The van der Waals surface area contributed by atoms with E-state index >= 15 is 0 Å². The first-order valence-electron chi connectivity index (χ1n) is 4.68. The number of carboxylic acids is 1. The first-order valence-corrected chi connectivity index (χ1v) is 4.68. The molecule has 6 heteroatoms. The summed E-state index contributed by atoms with van der Waals surface area (Å²) in [7, 11) is 0. The van der Waals surface area contributed by atoms with Crippen LogP contribution in [0.25, 0.3) is 5.95 Å². The zero-order valence-electron chi connectivity index (χ0n) is 8.88. The lowest BCUT2D eigenvalue weighted by Crippen LogP contribution is -2.05. The first-order chi connectivity index (χ1) is 7.61. The lowest BCUT2D eigenvalue weighted by molar-refractivity contribution is 0.0695. The van der Waals surface area contributed by atoms with Crippen molar-refractivity contribution in [2.75, 3.05) is 0 Å². The molecule has 82 valence electrons. The van der Waals surface area contributed by atoms with Crippen molar-refractivity contribution in [1.82, 2.24) is 19.7 Å². The molecule has 16 heavy (non-hydrogen) atoms. The fraction of sp³-hybridized carbons (Fsp3) is 0.200. The van der Waals surface area contributed by atoms with E-state index in [1.165, 1.54) is 4.68 Å². The van der Waals surface area contributed by atoms with Gasteiger partial charge >= 0.3 is 5.97 Å². The number of aryl methyl sites for hydroxylation is 1. The molecule has 0 aliphatic heterocycles. The van der Waals surface area contributed by atoms with Crippen LogP contribution in [0.4, 0.5) is 0 Å². The summed E-state index contributed by atoms with van der Waals surface area (Å²) in [6, 6.07) is 1.69. The second kappa shape index (κ2) is 3.73. The Labute approximate surface area is 91.6 Å². The van der Waals surface area contributed by atoms with Gasteiger partial charge < -0.3 is 5.11 Å². The van der Waals surface area contributed by atoms with E-state index in [4.69, 9.17) is 5.11 Å². The predicted octanol–water partition coefficient (Wildman–Crippen LogP) is 0.977. The van der Waals surface area contributed by atoms with Crippen LogP contribution in [0.2, 0.25) is 0 Å². The third-order valence-electron chi connectivity index (χ3n) is 2.25. The van der Waals surface area contributed by atoms with Gasteiger partial charge in [-0.05, 0) is 19.9 Å². The highest BCUT2D eigenvalue weighted by Crippen LogP contribution is 2.15. The molecular formula is C10H10N4O2. The molecule has 0 saturated carbocycles. The lowest BCUT2D eigenvalue weighted by Gasteiger charge is -2.00. The van der Waals surface area contributed by atoms with Gasteiger partial charge in [0.15, 0.2) is 0 Å². The number of carbonyl (C=O) groups is 1. The molecule has 1 N–H and O–H groups in total. The van der Waals surface area contributed by atoms with E-state index < -0.39 is 5.97 Å². The summed E-state index contributed by atoms with van der Waals surface area (Å²) < 4.78 is 1.43. The number of aromatic carboxylic acids is 1. The van der Waals surface area contributed by atoms with Crippen LogP contribution in [-0.2, 0) is 0 Å². The minimum absolute atomic E-state index is 0.201. The van der Waals surface area contributed by atoms with Gasteiger partial charge in [-0.25, -0.2) is 19.4 Å². The standard InChI is InChI=1S/C10H10N4O2/c1-6-8(9(15)16)7(2)14(13-6)10-11-4-3-5-12-10/h3-5H,1-2H3,(H,15,16). The van der Waals surface area contributed by atoms with Crippen molar-refractivity contribution in [1.29, 1.82) is 0 Å². The summed E-state index contributed by atoms with van der Waals surface area (Å²) in [5.74, 6) is -0.618. The van der Waals surface area contributed by atoms with Crippen LogP contribution in [0, 0.1) is 13.8 Å². The van der Waals surface area contributed by atoms with Crippen LogP contribution in [0.5, 0.6) is 0 Å². The van der Waals surface area contributed by atoms with Crippen LogP contribution in [0.1, 0.15) is 21.7 Å². The van der Waals surface area contributed by atoms with Crippen LogP contribution in [0.3, 0.4) is 0 Å². The van der Waals surface area contributed by atoms with Crippen molar-refractivity contribution in [3.05, 3.63) is 35.4 Å². The monoisotopic (exact) mass is 218 g/mol. The highest BCUT2D eigenvalue weighted by molar-refractivity contribution is 5.90. The number of nitrogens with zero attached hydrogens (tertiary/aromatic N) is 4. The Morgan fingerprint density at radius 2 is 1.94 bits per heavy atom. The lowest BCUT2D eigenvalue weighted by atomic mass is 10.2. The first kappa shape index (κ1) is 10.3. The molecule has 0 atom stereocenters. The SMILES string of the molecule is Cc1nn(-c2ncccn2)c(C)c1C(=O)O. The highest BCUT2D eigenvalue weighted by Gasteiger charge is 2.19. The highest BCUT2D eigenvalue weighted by atomic mass is 16.4. The van der Waals surface area contributed by atoms with E-state index in [0.717, 1.165) is 0 Å². The van der Waals surface area contributed by atoms with E-state index in [1.807, 2.05) is 0 Å². The molecule has 0 saturated heterocycles. The molecule has 0 aliphatic carbocycles. The summed E-state index contributed by atoms with van der Waals surface area (Å²) in [4.78, 5) is 19.0. The summed E-state index contributed by atoms with van der Waals surface area (Å²) in [5.41, 5.74) is 1.18. The maximum absolute atomic E-state index is 11.0. The van der Waals surface area contributed by atoms with Crippen molar-refractivity contribution < 1.29 is 9.90 Å². The Kier molecular flexibility index (Phi) is 2.40. The molecule has 0 spiro atoms. The van der Waals surface area contributed by atoms with E-state index in [-0.39, 0.29) is 5.56 Å². The Morgan fingerprint density at radius 3 is 2.44 bits per heavy atom. The van der Waals surface area contributed by atoms with E-state index in [0.29, 0.717) is 17.3 Å². The second-order valence-electron chi connectivity index (χ2n) is 3.31. The molecule has 0 unspecified atom stereocenters. The maximum Gasteiger partial charge on any atom is 0.339 e. The third-order valence-corrected chi connectivity index (χ3v) is 2.25. The molecule has 0 aromatic carbocycles. The van der Waals surface area contributed by atoms with Gasteiger partial charge in [0, 0.05) is 12.4 Å². The topological polar surface area (TPSA) is 80.9 Å². The molecule has 0 aliphatic rings. The Hall–Kier alpha value is -2.24. The molecule has 0 radical (unpaired) electrons. The van der Waals surface area contributed by atoms with E-state index in [9.17, 15) is 4.79 Å². The molecule has 2 aromatic heterocycles. The molecule has 6 nitrogen and oxygen atoms in total. The van der Waals surface area contributed by atoms with Crippen molar-refractivity contribution in [3.8, 4) is 5.95 Å². The Balaban J connectivity index is 2.61.